The first-order chi connectivity index (χ1) is 12.3. The van der Waals surface area contributed by atoms with E-state index in [1.165, 1.54) is 11.1 Å². The molecule has 0 unspecified atom stereocenters. The Balaban J connectivity index is 1.72. The minimum atomic E-state index is -3.97. The van der Waals surface area contributed by atoms with Crippen LogP contribution in [-0.4, -0.2) is 54.7 Å². The van der Waals surface area contributed by atoms with Crippen molar-refractivity contribution in [3.05, 3.63) is 58.9 Å². The number of nitrogens with zero attached hydrogens (tertiary/aromatic N) is 3. The molecule has 1 aliphatic rings. The number of carbonyl (C=O) groups is 1. The van der Waals surface area contributed by atoms with Gasteiger partial charge in [0.05, 0.1) is 10.5 Å². The lowest BCUT2D eigenvalue weighted by Gasteiger charge is -2.34. The van der Waals surface area contributed by atoms with Crippen LogP contribution in [0.5, 0.6) is 0 Å². The Hall–Kier alpha value is -2.10. The van der Waals surface area contributed by atoms with Crippen molar-refractivity contribution in [1.29, 1.82) is 0 Å². The number of rotatable bonds is 3. The topological polar surface area (TPSA) is 70.6 Å². The molecule has 1 aromatic carbocycles. The first-order valence-electron chi connectivity index (χ1n) is 7.65. The molecule has 10 heteroatoms. The summed E-state index contributed by atoms with van der Waals surface area (Å²) >= 11 is 5.92. The van der Waals surface area contributed by atoms with E-state index in [2.05, 4.69) is 4.98 Å². The molecule has 3 rings (SSSR count). The summed E-state index contributed by atoms with van der Waals surface area (Å²) in [4.78, 5) is 17.5. The highest BCUT2D eigenvalue weighted by Crippen LogP contribution is 2.21. The third-order valence-corrected chi connectivity index (χ3v) is 6.24. The minimum Gasteiger partial charge on any atom is -0.336 e. The van der Waals surface area contributed by atoms with Gasteiger partial charge in [-0.2, -0.15) is 4.31 Å². The SMILES string of the molecule is O=C(c1cccnc1Cl)N1CCN(S(=O)(=O)c2ccc(F)c(F)c2)CC1. The van der Waals surface area contributed by atoms with Gasteiger partial charge in [0, 0.05) is 32.4 Å². The predicted molar refractivity (Wildman–Crippen MR) is 90.3 cm³/mol. The van der Waals surface area contributed by atoms with E-state index in [1.807, 2.05) is 0 Å². The number of pyridine rings is 1. The second-order valence-corrected chi connectivity index (χ2v) is 7.91. The van der Waals surface area contributed by atoms with Gasteiger partial charge in [-0.3, -0.25) is 4.79 Å². The maximum atomic E-state index is 13.3. The Morgan fingerprint density at radius 2 is 1.77 bits per heavy atom. The van der Waals surface area contributed by atoms with Crippen molar-refractivity contribution in [3.63, 3.8) is 0 Å². The van der Waals surface area contributed by atoms with Crippen molar-refractivity contribution >= 4 is 27.5 Å². The lowest BCUT2D eigenvalue weighted by Crippen LogP contribution is -2.50. The summed E-state index contributed by atoms with van der Waals surface area (Å²) < 4.78 is 52.6. The highest BCUT2D eigenvalue weighted by molar-refractivity contribution is 7.89. The summed E-state index contributed by atoms with van der Waals surface area (Å²) in [6, 6.07) is 5.57. The van der Waals surface area contributed by atoms with Crippen LogP contribution in [0.1, 0.15) is 10.4 Å². The molecule has 0 atom stereocenters. The molecule has 2 heterocycles. The summed E-state index contributed by atoms with van der Waals surface area (Å²) in [6.45, 7) is 0.357. The van der Waals surface area contributed by atoms with Gasteiger partial charge < -0.3 is 4.90 Å². The largest absolute Gasteiger partial charge is 0.336 e. The molecule has 1 aliphatic heterocycles. The Morgan fingerprint density at radius 1 is 1.08 bits per heavy atom. The second-order valence-electron chi connectivity index (χ2n) is 5.61. The number of benzene rings is 1. The van der Waals surface area contributed by atoms with Crippen LogP contribution in [0.15, 0.2) is 41.4 Å². The number of aromatic nitrogens is 1. The van der Waals surface area contributed by atoms with E-state index < -0.39 is 21.7 Å². The molecule has 26 heavy (non-hydrogen) atoms. The number of hydrogen-bond donors (Lipinski definition) is 0. The van der Waals surface area contributed by atoms with Gasteiger partial charge in [-0.05, 0) is 30.3 Å². The lowest BCUT2D eigenvalue weighted by molar-refractivity contribution is 0.0697. The van der Waals surface area contributed by atoms with E-state index in [1.54, 1.807) is 12.1 Å². The number of piperazine rings is 1. The van der Waals surface area contributed by atoms with Gasteiger partial charge in [0.25, 0.3) is 5.91 Å². The number of carbonyl (C=O) groups excluding carboxylic acids is 1. The smallest absolute Gasteiger partial charge is 0.257 e. The van der Waals surface area contributed by atoms with Gasteiger partial charge in [0.1, 0.15) is 5.15 Å². The summed E-state index contributed by atoms with van der Waals surface area (Å²) in [7, 11) is -3.97. The van der Waals surface area contributed by atoms with E-state index in [9.17, 15) is 22.0 Å². The zero-order chi connectivity index (χ0) is 18.9. The van der Waals surface area contributed by atoms with E-state index in [0.717, 1.165) is 16.4 Å². The standard InChI is InChI=1S/C16H14ClF2N3O3S/c17-15-12(2-1-5-20-15)16(23)21-6-8-22(9-7-21)26(24,25)11-3-4-13(18)14(19)10-11/h1-5,10H,6-9H2. The molecule has 138 valence electrons. The number of halogens is 3. The van der Waals surface area contributed by atoms with Crippen LogP contribution < -0.4 is 0 Å². The Bertz CT molecular complexity index is 948. The molecule has 0 spiro atoms. The van der Waals surface area contributed by atoms with Crippen LogP contribution in [0.2, 0.25) is 5.15 Å². The lowest BCUT2D eigenvalue weighted by atomic mass is 10.2. The number of hydrogen-bond acceptors (Lipinski definition) is 4. The van der Waals surface area contributed by atoms with Crippen LogP contribution in [0, 0.1) is 11.6 Å². The summed E-state index contributed by atoms with van der Waals surface area (Å²) in [5, 5.41) is 0.0781. The normalized spacial score (nSPS) is 15.9. The molecular formula is C16H14ClF2N3O3S. The summed E-state index contributed by atoms with van der Waals surface area (Å²) in [5.74, 6) is -2.69. The summed E-state index contributed by atoms with van der Waals surface area (Å²) in [6.07, 6.45) is 1.46. The van der Waals surface area contributed by atoms with Gasteiger partial charge in [-0.15, -0.1) is 0 Å². The van der Waals surface area contributed by atoms with Crippen LogP contribution >= 0.6 is 11.6 Å². The van der Waals surface area contributed by atoms with E-state index in [0.29, 0.717) is 6.07 Å². The van der Waals surface area contributed by atoms with Crippen LogP contribution in [0.25, 0.3) is 0 Å². The Morgan fingerprint density at radius 3 is 2.38 bits per heavy atom. The molecule has 1 aromatic heterocycles. The van der Waals surface area contributed by atoms with E-state index in [4.69, 9.17) is 11.6 Å². The second kappa shape index (κ2) is 7.26. The molecule has 6 nitrogen and oxygen atoms in total. The zero-order valence-corrected chi connectivity index (χ0v) is 15.0. The van der Waals surface area contributed by atoms with Crippen molar-refractivity contribution in [1.82, 2.24) is 14.2 Å². The number of amides is 1. The number of sulfonamides is 1. The van der Waals surface area contributed by atoms with Crippen molar-refractivity contribution in [2.24, 2.45) is 0 Å². The average molecular weight is 402 g/mol. The van der Waals surface area contributed by atoms with Crippen molar-refractivity contribution in [3.8, 4) is 0 Å². The maximum Gasteiger partial charge on any atom is 0.257 e. The van der Waals surface area contributed by atoms with Crippen molar-refractivity contribution in [2.75, 3.05) is 26.2 Å². The molecule has 1 saturated heterocycles. The van der Waals surface area contributed by atoms with Crippen LogP contribution in [0.4, 0.5) is 8.78 Å². The van der Waals surface area contributed by atoms with Crippen LogP contribution in [0.3, 0.4) is 0 Å². The van der Waals surface area contributed by atoms with Gasteiger partial charge >= 0.3 is 0 Å². The molecule has 1 amide bonds. The third kappa shape index (κ3) is 3.55. The molecule has 1 fully saturated rings. The molecule has 0 aliphatic carbocycles. The van der Waals surface area contributed by atoms with Gasteiger partial charge in [0.15, 0.2) is 11.6 Å². The molecule has 0 saturated carbocycles. The third-order valence-electron chi connectivity index (χ3n) is 4.04. The molecule has 0 N–H and O–H groups in total. The molecule has 0 bridgehead atoms. The summed E-state index contributed by atoms with van der Waals surface area (Å²) in [5.41, 5.74) is 0.242. The molecule has 0 radical (unpaired) electrons. The first kappa shape index (κ1) is 18.7. The van der Waals surface area contributed by atoms with Crippen molar-refractivity contribution < 1.29 is 22.0 Å². The maximum absolute atomic E-state index is 13.3. The minimum absolute atomic E-state index is 0.0327. The quantitative estimate of drug-likeness (QED) is 0.739. The Labute approximate surface area is 154 Å². The molecule has 2 aromatic rings. The van der Waals surface area contributed by atoms with E-state index in [-0.39, 0.29) is 47.7 Å². The van der Waals surface area contributed by atoms with Gasteiger partial charge in [-0.1, -0.05) is 11.6 Å². The van der Waals surface area contributed by atoms with Gasteiger partial charge in [-0.25, -0.2) is 22.2 Å². The van der Waals surface area contributed by atoms with Crippen LogP contribution in [-0.2, 0) is 10.0 Å². The van der Waals surface area contributed by atoms with E-state index >= 15 is 0 Å². The Kier molecular flexibility index (Phi) is 5.22. The fourth-order valence-electron chi connectivity index (χ4n) is 2.63. The fourth-order valence-corrected chi connectivity index (χ4v) is 4.27. The fraction of sp³-hybridized carbons (Fsp3) is 0.250. The molecular weight excluding hydrogens is 388 g/mol. The monoisotopic (exact) mass is 401 g/mol. The van der Waals surface area contributed by atoms with Crippen molar-refractivity contribution in [2.45, 2.75) is 4.90 Å². The highest BCUT2D eigenvalue weighted by atomic mass is 35.5. The van der Waals surface area contributed by atoms with Gasteiger partial charge in [0.2, 0.25) is 10.0 Å². The predicted octanol–water partition coefficient (Wildman–Crippen LogP) is 2.16. The average Bonchev–Trinajstić information content (AvgIpc) is 2.64. The zero-order valence-electron chi connectivity index (χ0n) is 13.4. The highest BCUT2D eigenvalue weighted by Gasteiger charge is 2.31. The first-order valence-corrected chi connectivity index (χ1v) is 9.47.